The molecule has 0 spiro atoms. The highest BCUT2D eigenvalue weighted by atomic mass is 16.5. The highest BCUT2D eigenvalue weighted by molar-refractivity contribution is 5.32. The van der Waals surface area contributed by atoms with E-state index in [1.165, 1.54) is 12.0 Å². The largest absolute Gasteiger partial charge is 0.497 e. The molecule has 1 fully saturated rings. The van der Waals surface area contributed by atoms with E-state index in [-0.39, 0.29) is 0 Å². The molecule has 1 aliphatic heterocycles. The Morgan fingerprint density at radius 2 is 2.27 bits per heavy atom. The Bertz CT molecular complexity index is 324. The summed E-state index contributed by atoms with van der Waals surface area (Å²) in [4.78, 5) is 0. The van der Waals surface area contributed by atoms with Crippen molar-refractivity contribution >= 4 is 0 Å². The van der Waals surface area contributed by atoms with Crippen molar-refractivity contribution in [1.82, 2.24) is 5.32 Å². The number of nitrogens with one attached hydrogen (secondary N) is 1. The van der Waals surface area contributed by atoms with Crippen LogP contribution in [-0.2, 0) is 0 Å². The minimum Gasteiger partial charge on any atom is -0.497 e. The van der Waals surface area contributed by atoms with Crippen LogP contribution in [-0.4, -0.2) is 20.2 Å². The average Bonchev–Trinajstić information content (AvgIpc) is 2.77. The highest BCUT2D eigenvalue weighted by Crippen LogP contribution is 2.31. The lowest BCUT2D eigenvalue weighted by Crippen LogP contribution is -2.09. The summed E-state index contributed by atoms with van der Waals surface area (Å²) in [6.07, 6.45) is 1.24. The van der Waals surface area contributed by atoms with Gasteiger partial charge in [0.1, 0.15) is 5.75 Å². The van der Waals surface area contributed by atoms with Crippen LogP contribution in [0.3, 0.4) is 0 Å². The molecule has 1 saturated heterocycles. The Kier molecular flexibility index (Phi) is 3.27. The van der Waals surface area contributed by atoms with Gasteiger partial charge in [0, 0.05) is 12.5 Å². The van der Waals surface area contributed by atoms with Crippen molar-refractivity contribution in [3.05, 3.63) is 29.8 Å². The Hall–Kier alpha value is -1.02. The van der Waals surface area contributed by atoms with E-state index >= 15 is 0 Å². The van der Waals surface area contributed by atoms with Gasteiger partial charge in [-0.3, -0.25) is 0 Å². The van der Waals surface area contributed by atoms with Crippen LogP contribution in [0.1, 0.15) is 24.8 Å². The number of hydrogen-bond acceptors (Lipinski definition) is 2. The lowest BCUT2D eigenvalue weighted by molar-refractivity contribution is 0.412. The summed E-state index contributed by atoms with van der Waals surface area (Å²) in [5, 5.41) is 3.47. The Labute approximate surface area is 91.6 Å². The molecule has 0 aromatic heterocycles. The van der Waals surface area contributed by atoms with E-state index in [1.807, 2.05) is 6.07 Å². The zero-order chi connectivity index (χ0) is 10.7. The average molecular weight is 205 g/mol. The third-order valence-corrected chi connectivity index (χ3v) is 3.39. The molecule has 2 heteroatoms. The molecule has 0 unspecified atom stereocenters. The number of rotatable bonds is 3. The molecular weight excluding hydrogens is 186 g/mol. The van der Waals surface area contributed by atoms with Crippen LogP contribution < -0.4 is 10.1 Å². The van der Waals surface area contributed by atoms with E-state index in [9.17, 15) is 0 Å². The third-order valence-electron chi connectivity index (χ3n) is 3.39. The summed E-state index contributed by atoms with van der Waals surface area (Å²) in [5.74, 6) is 2.40. The molecule has 82 valence electrons. The van der Waals surface area contributed by atoms with Crippen LogP contribution in [0.15, 0.2) is 24.3 Å². The van der Waals surface area contributed by atoms with Crippen molar-refractivity contribution in [2.24, 2.45) is 5.92 Å². The highest BCUT2D eigenvalue weighted by Gasteiger charge is 2.26. The van der Waals surface area contributed by atoms with E-state index < -0.39 is 0 Å². The van der Waals surface area contributed by atoms with Crippen molar-refractivity contribution in [2.45, 2.75) is 19.3 Å². The van der Waals surface area contributed by atoms with Gasteiger partial charge < -0.3 is 10.1 Å². The van der Waals surface area contributed by atoms with Crippen molar-refractivity contribution in [3.63, 3.8) is 0 Å². The molecule has 1 aromatic carbocycles. The molecule has 0 aliphatic carbocycles. The van der Waals surface area contributed by atoms with Crippen molar-refractivity contribution in [3.8, 4) is 5.75 Å². The third kappa shape index (κ3) is 2.15. The van der Waals surface area contributed by atoms with Crippen LogP contribution in [0.4, 0.5) is 0 Å². The van der Waals surface area contributed by atoms with E-state index in [0.29, 0.717) is 5.92 Å². The van der Waals surface area contributed by atoms with Gasteiger partial charge in [0.15, 0.2) is 0 Å². The molecule has 1 heterocycles. The molecule has 2 nitrogen and oxygen atoms in total. The lowest BCUT2D eigenvalue weighted by Gasteiger charge is -2.17. The predicted octanol–water partition coefficient (Wildman–Crippen LogP) is 2.41. The maximum Gasteiger partial charge on any atom is 0.119 e. The standard InChI is InChI=1S/C13H19NO/c1-3-10-8-14-9-13(10)11-5-4-6-12(7-11)15-2/h4-7,10,13-14H,3,8-9H2,1-2H3/t10-,13+/m0/s1. The maximum atomic E-state index is 5.26. The monoisotopic (exact) mass is 205 g/mol. The topological polar surface area (TPSA) is 21.3 Å². The fourth-order valence-corrected chi connectivity index (χ4v) is 2.42. The quantitative estimate of drug-likeness (QED) is 0.818. The van der Waals surface area contributed by atoms with Gasteiger partial charge in [-0.15, -0.1) is 0 Å². The molecule has 15 heavy (non-hydrogen) atoms. The maximum absolute atomic E-state index is 5.26. The molecule has 0 bridgehead atoms. The molecular formula is C13H19NO. The number of benzene rings is 1. The van der Waals surface area contributed by atoms with Crippen molar-refractivity contribution in [1.29, 1.82) is 0 Å². The summed E-state index contributed by atoms with van der Waals surface area (Å²) >= 11 is 0. The first-order chi connectivity index (χ1) is 7.35. The molecule has 0 amide bonds. The second-order valence-electron chi connectivity index (χ2n) is 4.21. The van der Waals surface area contributed by atoms with Crippen LogP contribution in [0.25, 0.3) is 0 Å². The fourth-order valence-electron chi connectivity index (χ4n) is 2.42. The first kappa shape index (κ1) is 10.5. The van der Waals surface area contributed by atoms with Gasteiger partial charge in [-0.25, -0.2) is 0 Å². The van der Waals surface area contributed by atoms with Crippen LogP contribution in [0.2, 0.25) is 0 Å². The summed E-state index contributed by atoms with van der Waals surface area (Å²) < 4.78 is 5.26. The van der Waals surface area contributed by atoms with Crippen LogP contribution >= 0.6 is 0 Å². The zero-order valence-electron chi connectivity index (χ0n) is 9.49. The summed E-state index contributed by atoms with van der Waals surface area (Å²) in [6.45, 7) is 4.52. The van der Waals surface area contributed by atoms with Crippen LogP contribution in [0.5, 0.6) is 5.75 Å². The first-order valence-electron chi connectivity index (χ1n) is 5.69. The van der Waals surface area contributed by atoms with Crippen molar-refractivity contribution < 1.29 is 4.74 Å². The molecule has 1 aromatic rings. The predicted molar refractivity (Wildman–Crippen MR) is 62.4 cm³/mol. The summed E-state index contributed by atoms with van der Waals surface area (Å²) in [7, 11) is 1.73. The Balaban J connectivity index is 2.20. The normalized spacial score (nSPS) is 25.5. The van der Waals surface area contributed by atoms with E-state index in [4.69, 9.17) is 4.74 Å². The molecule has 0 radical (unpaired) electrons. The van der Waals surface area contributed by atoms with Gasteiger partial charge in [-0.2, -0.15) is 0 Å². The van der Waals surface area contributed by atoms with E-state index in [0.717, 1.165) is 24.8 Å². The number of hydrogen-bond donors (Lipinski definition) is 1. The molecule has 1 aliphatic rings. The Morgan fingerprint density at radius 1 is 1.40 bits per heavy atom. The van der Waals surface area contributed by atoms with Crippen LogP contribution in [0, 0.1) is 5.92 Å². The molecule has 2 rings (SSSR count). The SMILES string of the molecule is CC[C@H]1CNC[C@H]1c1cccc(OC)c1. The van der Waals surface area contributed by atoms with E-state index in [1.54, 1.807) is 7.11 Å². The summed E-state index contributed by atoms with van der Waals surface area (Å²) in [5.41, 5.74) is 1.41. The molecule has 1 N–H and O–H groups in total. The zero-order valence-corrected chi connectivity index (χ0v) is 9.49. The van der Waals surface area contributed by atoms with E-state index in [2.05, 4.69) is 30.4 Å². The van der Waals surface area contributed by atoms with Gasteiger partial charge in [0.05, 0.1) is 7.11 Å². The summed E-state index contributed by atoms with van der Waals surface area (Å²) in [6, 6.07) is 8.47. The lowest BCUT2D eigenvalue weighted by atomic mass is 9.87. The minimum absolute atomic E-state index is 0.657. The smallest absolute Gasteiger partial charge is 0.119 e. The second-order valence-corrected chi connectivity index (χ2v) is 4.21. The second kappa shape index (κ2) is 4.67. The fraction of sp³-hybridized carbons (Fsp3) is 0.538. The van der Waals surface area contributed by atoms with Gasteiger partial charge in [-0.05, 0) is 30.2 Å². The number of methoxy groups -OCH3 is 1. The van der Waals surface area contributed by atoms with Gasteiger partial charge in [0.25, 0.3) is 0 Å². The van der Waals surface area contributed by atoms with Gasteiger partial charge >= 0.3 is 0 Å². The Morgan fingerprint density at radius 3 is 3.00 bits per heavy atom. The van der Waals surface area contributed by atoms with Crippen molar-refractivity contribution in [2.75, 3.05) is 20.2 Å². The van der Waals surface area contributed by atoms with Gasteiger partial charge in [0.2, 0.25) is 0 Å². The number of ether oxygens (including phenoxy) is 1. The molecule has 0 saturated carbocycles. The first-order valence-corrected chi connectivity index (χ1v) is 5.69. The minimum atomic E-state index is 0.657. The van der Waals surface area contributed by atoms with Gasteiger partial charge in [-0.1, -0.05) is 25.5 Å². The molecule has 2 atom stereocenters.